The largest absolute Gasteiger partial charge is 0.466 e. The van der Waals surface area contributed by atoms with Crippen molar-refractivity contribution in [3.8, 4) is 0 Å². The van der Waals surface area contributed by atoms with Gasteiger partial charge in [0.25, 0.3) is 0 Å². The van der Waals surface area contributed by atoms with E-state index in [2.05, 4.69) is 15.5 Å². The van der Waals surface area contributed by atoms with E-state index >= 15 is 0 Å². The predicted molar refractivity (Wildman–Crippen MR) is 99.6 cm³/mol. The number of aromatic nitrogens is 3. The number of ether oxygens (including phenoxy) is 1. The van der Waals surface area contributed by atoms with Gasteiger partial charge in [-0.15, -0.1) is 10.2 Å². The number of carbonyl (C=O) groups excluding carboxylic acids is 2. The zero-order chi connectivity index (χ0) is 20.0. The van der Waals surface area contributed by atoms with Crippen molar-refractivity contribution in [2.45, 2.75) is 43.6 Å². The minimum absolute atomic E-state index is 0.0279. The smallest absolute Gasteiger partial charge is 0.313 e. The number of hydrogen-bond donors (Lipinski definition) is 1. The second kappa shape index (κ2) is 9.50. The number of hydrogen-bond acceptors (Lipinski definition) is 6. The van der Waals surface area contributed by atoms with Crippen LogP contribution in [0.4, 0.5) is 4.39 Å². The number of carbonyl (C=O) groups is 2. The number of rotatable bonds is 8. The van der Waals surface area contributed by atoms with Crippen LogP contribution in [0, 0.1) is 5.82 Å². The molecule has 0 aliphatic carbocycles. The van der Waals surface area contributed by atoms with Gasteiger partial charge in [-0.1, -0.05) is 23.9 Å². The Morgan fingerprint density at radius 1 is 1.26 bits per heavy atom. The Morgan fingerprint density at radius 2 is 1.93 bits per heavy atom. The van der Waals surface area contributed by atoms with Crippen molar-refractivity contribution in [3.63, 3.8) is 0 Å². The summed E-state index contributed by atoms with van der Waals surface area (Å²) in [5.41, 5.74) is 0.817. The van der Waals surface area contributed by atoms with Crippen LogP contribution in [-0.4, -0.2) is 38.5 Å². The lowest BCUT2D eigenvalue weighted by Gasteiger charge is -2.17. The fourth-order valence-electron chi connectivity index (χ4n) is 2.32. The van der Waals surface area contributed by atoms with E-state index in [1.807, 2.05) is 6.92 Å². The first-order chi connectivity index (χ1) is 12.8. The van der Waals surface area contributed by atoms with Gasteiger partial charge in [-0.3, -0.25) is 9.59 Å². The summed E-state index contributed by atoms with van der Waals surface area (Å²) in [6.45, 7) is 5.64. The van der Waals surface area contributed by atoms with E-state index in [4.69, 9.17) is 4.74 Å². The Kier molecular flexibility index (Phi) is 7.35. The lowest BCUT2D eigenvalue weighted by atomic mass is 10.1. The maximum Gasteiger partial charge on any atom is 0.313 e. The third-order valence-corrected chi connectivity index (χ3v) is 5.05. The molecule has 146 valence electrons. The van der Waals surface area contributed by atoms with Crippen molar-refractivity contribution in [1.82, 2.24) is 20.1 Å². The van der Waals surface area contributed by atoms with Crippen LogP contribution < -0.4 is 5.32 Å². The van der Waals surface area contributed by atoms with Gasteiger partial charge in [0, 0.05) is 7.05 Å². The van der Waals surface area contributed by atoms with Crippen molar-refractivity contribution >= 4 is 23.6 Å². The SMILES string of the molecule is CCOC(=O)Cc1nnc(S[C@H](C)C(=O)N[C@H](C)c2ccc(F)cc2)n1C. The number of nitrogens with zero attached hydrogens (tertiary/aromatic N) is 3. The Hall–Kier alpha value is -2.42. The van der Waals surface area contributed by atoms with E-state index in [0.29, 0.717) is 17.6 Å². The maximum absolute atomic E-state index is 13.0. The van der Waals surface area contributed by atoms with Crippen molar-refractivity contribution < 1.29 is 18.7 Å². The summed E-state index contributed by atoms with van der Waals surface area (Å²) in [5, 5.41) is 11.0. The number of benzene rings is 1. The van der Waals surface area contributed by atoms with Crippen LogP contribution in [0.5, 0.6) is 0 Å². The van der Waals surface area contributed by atoms with Crippen LogP contribution in [0.15, 0.2) is 29.4 Å². The average Bonchev–Trinajstić information content (AvgIpc) is 2.95. The summed E-state index contributed by atoms with van der Waals surface area (Å²) in [7, 11) is 1.74. The molecule has 1 N–H and O–H groups in total. The molecule has 0 aliphatic rings. The zero-order valence-electron chi connectivity index (χ0n) is 15.7. The van der Waals surface area contributed by atoms with Crippen molar-refractivity contribution in [2.75, 3.05) is 6.61 Å². The molecule has 0 bridgehead atoms. The summed E-state index contributed by atoms with van der Waals surface area (Å²) >= 11 is 1.24. The highest BCUT2D eigenvalue weighted by atomic mass is 32.2. The quantitative estimate of drug-likeness (QED) is 0.547. The first-order valence-electron chi connectivity index (χ1n) is 8.58. The molecule has 1 aromatic carbocycles. The lowest BCUT2D eigenvalue weighted by molar-refractivity contribution is -0.142. The number of nitrogens with one attached hydrogen (secondary N) is 1. The minimum Gasteiger partial charge on any atom is -0.466 e. The molecule has 9 heteroatoms. The molecule has 1 amide bonds. The van der Waals surface area contributed by atoms with E-state index in [-0.39, 0.29) is 30.2 Å². The van der Waals surface area contributed by atoms with Gasteiger partial charge in [-0.25, -0.2) is 4.39 Å². The van der Waals surface area contributed by atoms with Gasteiger partial charge in [0.1, 0.15) is 18.1 Å². The second-order valence-corrected chi connectivity index (χ2v) is 7.29. The average molecular weight is 394 g/mol. The predicted octanol–water partition coefficient (Wildman–Crippen LogP) is 2.42. The minimum atomic E-state index is -0.425. The number of esters is 1. The highest BCUT2D eigenvalue weighted by Gasteiger charge is 2.21. The molecule has 0 unspecified atom stereocenters. The molecule has 27 heavy (non-hydrogen) atoms. The second-order valence-electron chi connectivity index (χ2n) is 5.98. The van der Waals surface area contributed by atoms with Gasteiger partial charge < -0.3 is 14.6 Å². The van der Waals surface area contributed by atoms with Crippen LogP contribution in [0.2, 0.25) is 0 Å². The Balaban J connectivity index is 1.95. The molecular weight excluding hydrogens is 371 g/mol. The van der Waals surface area contributed by atoms with E-state index in [0.717, 1.165) is 5.56 Å². The molecule has 0 fully saturated rings. The Labute approximate surface area is 161 Å². The number of halogens is 1. The standard InChI is InChI=1S/C18H23FN4O3S/c1-5-26-16(24)10-15-21-22-18(23(15)4)27-12(3)17(25)20-11(2)13-6-8-14(19)9-7-13/h6-9,11-12H,5,10H2,1-4H3,(H,20,25)/t11-,12-/m1/s1. The van der Waals surface area contributed by atoms with Crippen LogP contribution in [0.1, 0.15) is 38.2 Å². The highest BCUT2D eigenvalue weighted by molar-refractivity contribution is 8.00. The van der Waals surface area contributed by atoms with E-state index in [9.17, 15) is 14.0 Å². The van der Waals surface area contributed by atoms with E-state index in [1.54, 1.807) is 37.6 Å². The molecular formula is C18H23FN4O3S. The summed E-state index contributed by atoms with van der Waals surface area (Å²) < 4.78 is 19.6. The van der Waals surface area contributed by atoms with Crippen LogP contribution >= 0.6 is 11.8 Å². The normalized spacial score (nSPS) is 13.1. The van der Waals surface area contributed by atoms with Crippen molar-refractivity contribution in [1.29, 1.82) is 0 Å². The van der Waals surface area contributed by atoms with Gasteiger partial charge in [0.05, 0.1) is 17.9 Å². The third kappa shape index (κ3) is 5.78. The van der Waals surface area contributed by atoms with Crippen LogP contribution in [0.3, 0.4) is 0 Å². The number of thioether (sulfide) groups is 1. The molecule has 0 aliphatic heterocycles. The van der Waals surface area contributed by atoms with Crippen molar-refractivity contribution in [2.24, 2.45) is 7.05 Å². The molecule has 0 saturated carbocycles. The first kappa shape index (κ1) is 20.9. The van der Waals surface area contributed by atoms with Crippen molar-refractivity contribution in [3.05, 3.63) is 41.5 Å². The van der Waals surface area contributed by atoms with E-state index < -0.39 is 5.25 Å². The summed E-state index contributed by atoms with van der Waals surface area (Å²) in [6, 6.07) is 5.76. The summed E-state index contributed by atoms with van der Waals surface area (Å²) in [5.74, 6) is -0.388. The summed E-state index contributed by atoms with van der Waals surface area (Å²) in [6.07, 6.45) is 0.0279. The fourth-order valence-corrected chi connectivity index (χ4v) is 3.16. The van der Waals surface area contributed by atoms with Crippen LogP contribution in [-0.2, 0) is 27.8 Å². The molecule has 0 radical (unpaired) electrons. The monoisotopic (exact) mass is 394 g/mol. The molecule has 1 aromatic heterocycles. The molecule has 7 nitrogen and oxygen atoms in total. The van der Waals surface area contributed by atoms with Gasteiger partial charge >= 0.3 is 5.97 Å². The van der Waals surface area contributed by atoms with Gasteiger partial charge in [-0.05, 0) is 38.5 Å². The fraction of sp³-hybridized carbons (Fsp3) is 0.444. The molecule has 2 rings (SSSR count). The molecule has 0 saturated heterocycles. The topological polar surface area (TPSA) is 86.1 Å². The van der Waals surface area contributed by atoms with Gasteiger partial charge in [0.15, 0.2) is 5.16 Å². The Bertz CT molecular complexity index is 794. The highest BCUT2D eigenvalue weighted by Crippen LogP contribution is 2.23. The third-order valence-electron chi connectivity index (χ3n) is 3.91. The number of amides is 1. The molecule has 2 aromatic rings. The van der Waals surface area contributed by atoms with Gasteiger partial charge in [0.2, 0.25) is 5.91 Å². The van der Waals surface area contributed by atoms with Gasteiger partial charge in [-0.2, -0.15) is 0 Å². The van der Waals surface area contributed by atoms with Crippen LogP contribution in [0.25, 0.3) is 0 Å². The zero-order valence-corrected chi connectivity index (χ0v) is 16.5. The Morgan fingerprint density at radius 3 is 2.56 bits per heavy atom. The maximum atomic E-state index is 13.0. The molecule has 2 atom stereocenters. The van der Waals surface area contributed by atoms with E-state index in [1.165, 1.54) is 23.9 Å². The lowest BCUT2D eigenvalue weighted by Crippen LogP contribution is -2.33. The summed E-state index contributed by atoms with van der Waals surface area (Å²) in [4.78, 5) is 24.0. The molecule has 1 heterocycles. The molecule has 0 spiro atoms. The first-order valence-corrected chi connectivity index (χ1v) is 9.46.